The average Bonchev–Trinajstić information content (AvgIpc) is 1.51. The second-order valence-electron chi connectivity index (χ2n) is 46.3. The lowest BCUT2D eigenvalue weighted by Gasteiger charge is -2.61. The molecular weight excluding hydrogens is 1820 g/mol. The van der Waals surface area contributed by atoms with E-state index < -0.39 is 0 Å². The highest BCUT2D eigenvalue weighted by Gasteiger charge is 2.66. The van der Waals surface area contributed by atoms with Crippen molar-refractivity contribution in [3.05, 3.63) is 428 Å². The monoisotopic (exact) mass is 1930 g/mol. The van der Waals surface area contributed by atoms with Crippen molar-refractivity contribution >= 4 is 192 Å². The number of nitrogens with zero attached hydrogens (tertiary/aromatic N) is 3. The van der Waals surface area contributed by atoms with Crippen LogP contribution in [0.5, 0.6) is 0 Å². The standard InChI is InChI=1S/C48H37NO.C46H35NO2.C46H35NOS/c1-2-9-37-31(8-1)16-17-32-27-35(18-20-38(32)37)49(36-19-21-40-39-10-4-6-15-45(39)50-46(40)28-36)44-14-7-13-43-47(44)41-11-3-5-12-42(41)48(43)33-23-29-22-30(25-33)26-34(48)24-29;1-4-11-38-37(10-1)45-39(46(38)29-21-27-20-28(23-29)24-30(46)22-27)12-7-13-40(45)47(31-16-18-35-33-8-2-5-14-41(33)48-43(35)25-31)32-17-19-36-34-9-3-6-15-42(34)49-44(36)26-32;1-4-11-38-37(10-1)45-39(46(38)29-21-27-20-28(23-29)24-30(46)22-27)12-7-13-40(45)47(31-16-18-34-33-8-2-5-14-41(33)48-42(34)25-31)32-17-19-36-35-9-3-6-15-43(35)49-44(36)26-32/h1-21,27-30,33-34H,22-26H2;2*1-19,25-30H,20-24H2. The van der Waals surface area contributed by atoms with E-state index in [2.05, 4.69) is 397 Å². The lowest BCUT2D eigenvalue weighted by Crippen LogP contribution is -2.55. The molecule has 15 aliphatic carbocycles. The average molecular weight is 1930 g/mol. The van der Waals surface area contributed by atoms with Gasteiger partial charge in [0.1, 0.15) is 44.7 Å². The lowest BCUT2D eigenvalue weighted by atomic mass is 9.43. The van der Waals surface area contributed by atoms with Crippen molar-refractivity contribution in [3.8, 4) is 33.4 Å². The largest absolute Gasteiger partial charge is 0.456 e. The first kappa shape index (κ1) is 83.7. The van der Waals surface area contributed by atoms with Crippen LogP contribution in [-0.4, -0.2) is 0 Å². The molecule has 0 N–H and O–H groups in total. The van der Waals surface area contributed by atoms with Gasteiger partial charge in [0.15, 0.2) is 0 Å². The Hall–Kier alpha value is -15.5. The lowest BCUT2D eigenvalue weighted by molar-refractivity contribution is -0.0399. The predicted octanol–water partition coefficient (Wildman–Crippen LogP) is 38.9. The molecule has 24 aromatic rings. The molecule has 712 valence electrons. The summed E-state index contributed by atoms with van der Waals surface area (Å²) in [5.41, 5.74) is 36.3. The van der Waals surface area contributed by atoms with Gasteiger partial charge >= 0.3 is 0 Å². The predicted molar refractivity (Wildman–Crippen MR) is 610 cm³/mol. The molecule has 12 fully saturated rings. The number of anilines is 9. The summed E-state index contributed by atoms with van der Waals surface area (Å²) in [6, 6.07) is 147. The number of hydrogen-bond donors (Lipinski definition) is 0. The summed E-state index contributed by atoms with van der Waals surface area (Å²) >= 11 is 1.89. The van der Waals surface area contributed by atoms with Gasteiger partial charge in [-0.25, -0.2) is 0 Å². The number of para-hydroxylation sites is 4. The van der Waals surface area contributed by atoms with E-state index in [0.717, 1.165) is 164 Å². The van der Waals surface area contributed by atoms with Crippen molar-refractivity contribution in [2.75, 3.05) is 14.7 Å². The van der Waals surface area contributed by atoms with Crippen molar-refractivity contribution < 1.29 is 17.7 Å². The maximum atomic E-state index is 6.51. The first-order valence-corrected chi connectivity index (χ1v) is 55.6. The number of furan rings is 4. The summed E-state index contributed by atoms with van der Waals surface area (Å²) in [4.78, 5) is 7.51. The van der Waals surface area contributed by atoms with Crippen LogP contribution in [0.3, 0.4) is 0 Å². The first-order valence-electron chi connectivity index (χ1n) is 54.8. The van der Waals surface area contributed by atoms with Crippen LogP contribution in [0.25, 0.3) is 163 Å². The number of thiophene rings is 1. The third-order valence-electron chi connectivity index (χ3n) is 39.5. The third-order valence-corrected chi connectivity index (χ3v) is 40.6. The Morgan fingerprint density at radius 2 is 0.439 bits per heavy atom. The van der Waals surface area contributed by atoms with Crippen LogP contribution in [0.4, 0.5) is 51.2 Å². The minimum Gasteiger partial charge on any atom is -0.456 e. The molecule has 0 amide bonds. The summed E-state index contributed by atoms with van der Waals surface area (Å²) in [5.74, 6) is 9.86. The minimum atomic E-state index is 0.104. The van der Waals surface area contributed by atoms with Crippen molar-refractivity contribution in [3.63, 3.8) is 0 Å². The molecule has 0 atom stereocenters. The highest BCUT2D eigenvalue weighted by Crippen LogP contribution is 2.75. The summed E-state index contributed by atoms with van der Waals surface area (Å²) in [6.45, 7) is 0. The van der Waals surface area contributed by atoms with Gasteiger partial charge in [0.05, 0.1) is 17.1 Å². The van der Waals surface area contributed by atoms with Crippen LogP contribution in [0.1, 0.15) is 130 Å². The zero-order valence-electron chi connectivity index (χ0n) is 82.4. The van der Waals surface area contributed by atoms with E-state index in [-0.39, 0.29) is 16.2 Å². The molecule has 39 rings (SSSR count). The van der Waals surface area contributed by atoms with Gasteiger partial charge in [0, 0.05) is 155 Å². The van der Waals surface area contributed by atoms with E-state index in [1.807, 2.05) is 23.5 Å². The molecule has 3 spiro atoms. The quantitative estimate of drug-likeness (QED) is 0.133. The SMILES string of the molecule is c1ccc2c(c1)-c1c(N(c3ccc4c(c3)oc3ccccc34)c3ccc4c(c3)oc3ccccc34)cccc1C21C2CC3CC(C2)CC1C3.c1ccc2c(c1)-c1c(N(c3ccc4c(c3)oc3ccccc34)c3ccc4c(c3)sc3ccccc34)cccc1C21C2CC3CC(C2)CC1C3.c1ccc2c(c1)-c1c(N(c3ccc4c(ccc5ccccc54)c3)c3ccc4c(c3)oc3ccccc34)cccc1C21C2CC3CC(C2)CC1C3. The normalized spacial score (nSPS) is 24.7. The molecule has 5 heterocycles. The summed E-state index contributed by atoms with van der Waals surface area (Å²) in [6.07, 6.45) is 21.0. The molecule has 0 radical (unpaired) electrons. The second-order valence-corrected chi connectivity index (χ2v) is 47.4. The molecule has 0 saturated heterocycles. The maximum Gasteiger partial charge on any atom is 0.137 e. The molecule has 148 heavy (non-hydrogen) atoms. The fourth-order valence-corrected chi connectivity index (χ4v) is 35.9. The number of hydrogen-bond acceptors (Lipinski definition) is 8. The van der Waals surface area contributed by atoms with Crippen LogP contribution < -0.4 is 14.7 Å². The number of rotatable bonds is 9. The second kappa shape index (κ2) is 31.3. The van der Waals surface area contributed by atoms with Gasteiger partial charge in [-0.05, 0) is 360 Å². The van der Waals surface area contributed by atoms with Crippen molar-refractivity contribution in [2.45, 2.75) is 113 Å². The molecular formula is C140H107N3O4S. The van der Waals surface area contributed by atoms with Crippen LogP contribution in [0.15, 0.2) is 412 Å². The fourth-order valence-electron chi connectivity index (χ4n) is 34.8. The van der Waals surface area contributed by atoms with Gasteiger partial charge in [-0.1, -0.05) is 249 Å². The molecule has 15 aliphatic rings. The maximum absolute atomic E-state index is 6.51. The van der Waals surface area contributed by atoms with E-state index in [9.17, 15) is 0 Å². The van der Waals surface area contributed by atoms with Gasteiger partial charge in [-0.15, -0.1) is 11.3 Å². The zero-order valence-corrected chi connectivity index (χ0v) is 83.3. The third kappa shape index (κ3) is 11.7. The summed E-state index contributed by atoms with van der Waals surface area (Å²) in [5, 5.41) is 17.0. The molecule has 0 unspecified atom stereocenters. The van der Waals surface area contributed by atoms with Gasteiger partial charge in [-0.2, -0.15) is 0 Å². The Morgan fingerprint density at radius 1 is 0.182 bits per heavy atom. The molecule has 8 heteroatoms. The van der Waals surface area contributed by atoms with E-state index >= 15 is 0 Å². The molecule has 19 aromatic carbocycles. The van der Waals surface area contributed by atoms with Crippen molar-refractivity contribution in [2.24, 2.45) is 71.0 Å². The number of fused-ring (bicyclic) bond motifs is 27. The molecule has 12 bridgehead atoms. The first-order chi connectivity index (χ1) is 73.2. The van der Waals surface area contributed by atoms with Gasteiger partial charge in [0.25, 0.3) is 0 Å². The van der Waals surface area contributed by atoms with Crippen molar-refractivity contribution in [1.29, 1.82) is 0 Å². The Bertz CT molecular complexity index is 9090. The molecule has 12 saturated carbocycles. The highest BCUT2D eigenvalue weighted by molar-refractivity contribution is 7.25. The van der Waals surface area contributed by atoms with Crippen LogP contribution in [-0.2, 0) is 16.2 Å². The van der Waals surface area contributed by atoms with Gasteiger partial charge in [-0.3, -0.25) is 0 Å². The van der Waals surface area contributed by atoms with Crippen LogP contribution in [0, 0.1) is 71.0 Å². The van der Waals surface area contributed by atoms with Crippen molar-refractivity contribution in [1.82, 2.24) is 0 Å². The smallest absolute Gasteiger partial charge is 0.137 e. The van der Waals surface area contributed by atoms with E-state index in [0.29, 0.717) is 11.8 Å². The summed E-state index contributed by atoms with van der Waals surface area (Å²) < 4.78 is 28.6. The summed E-state index contributed by atoms with van der Waals surface area (Å²) in [7, 11) is 0. The minimum absolute atomic E-state index is 0.104. The molecule has 0 aliphatic heterocycles. The van der Waals surface area contributed by atoms with Gasteiger partial charge < -0.3 is 32.4 Å². The van der Waals surface area contributed by atoms with E-state index in [1.165, 1.54) is 205 Å². The van der Waals surface area contributed by atoms with Gasteiger partial charge in [0.2, 0.25) is 0 Å². The highest BCUT2D eigenvalue weighted by atomic mass is 32.1. The Morgan fingerprint density at radius 3 is 0.804 bits per heavy atom. The van der Waals surface area contributed by atoms with E-state index in [4.69, 9.17) is 17.7 Å². The molecule has 7 nitrogen and oxygen atoms in total. The van der Waals surface area contributed by atoms with E-state index in [1.54, 1.807) is 33.4 Å². The fraction of sp³-hybridized carbons (Fsp3) is 0.214. The Kier molecular flexibility index (Phi) is 17.7. The van der Waals surface area contributed by atoms with Crippen LogP contribution >= 0.6 is 11.3 Å². The Labute approximate surface area is 862 Å². The number of benzene rings is 19. The Balaban J connectivity index is 0.0000000949. The topological polar surface area (TPSA) is 62.3 Å². The molecule has 5 aromatic heterocycles. The van der Waals surface area contributed by atoms with Crippen LogP contribution in [0.2, 0.25) is 0 Å². The zero-order chi connectivity index (χ0) is 96.2.